The molecule has 2 aromatic rings. The number of hydrogen-bond donors (Lipinski definition) is 0. The van der Waals surface area contributed by atoms with E-state index in [1.807, 2.05) is 0 Å². The predicted molar refractivity (Wildman–Crippen MR) is 106 cm³/mol. The molecular formula is C23H28N2O. The van der Waals surface area contributed by atoms with Crippen LogP contribution in [0.3, 0.4) is 0 Å². The van der Waals surface area contributed by atoms with Gasteiger partial charge in [-0.05, 0) is 67.0 Å². The second-order valence-electron chi connectivity index (χ2n) is 8.13. The summed E-state index contributed by atoms with van der Waals surface area (Å²) in [5.74, 6) is 1.68. The molecule has 2 bridgehead atoms. The Hall–Kier alpha value is -2.00. The molecule has 0 amide bonds. The van der Waals surface area contributed by atoms with Crippen molar-refractivity contribution in [2.75, 3.05) is 31.6 Å². The number of fused-ring (bicyclic) bond motifs is 4. The van der Waals surface area contributed by atoms with E-state index in [-0.39, 0.29) is 0 Å². The fraction of sp³-hybridized carbons (Fsp3) is 0.478. The van der Waals surface area contributed by atoms with Crippen molar-refractivity contribution in [1.29, 1.82) is 0 Å². The van der Waals surface area contributed by atoms with Gasteiger partial charge in [0, 0.05) is 37.4 Å². The van der Waals surface area contributed by atoms with E-state index in [0.29, 0.717) is 18.0 Å². The van der Waals surface area contributed by atoms with Crippen LogP contribution < -0.4 is 9.64 Å². The highest BCUT2D eigenvalue weighted by molar-refractivity contribution is 5.49. The van der Waals surface area contributed by atoms with Gasteiger partial charge in [0.05, 0.1) is 7.11 Å². The van der Waals surface area contributed by atoms with Gasteiger partial charge in [-0.1, -0.05) is 24.3 Å². The first-order valence-electron chi connectivity index (χ1n) is 10.0. The Labute approximate surface area is 156 Å². The van der Waals surface area contributed by atoms with Crippen LogP contribution in [0.4, 0.5) is 5.69 Å². The average Bonchev–Trinajstić information content (AvgIpc) is 3.11. The summed E-state index contributed by atoms with van der Waals surface area (Å²) < 4.78 is 5.47. The molecule has 1 aliphatic carbocycles. The van der Waals surface area contributed by atoms with E-state index in [1.54, 1.807) is 7.11 Å². The number of benzene rings is 2. The number of aryl methyl sites for hydroxylation is 1. The lowest BCUT2D eigenvalue weighted by atomic mass is 9.88. The molecule has 3 heteroatoms. The summed E-state index contributed by atoms with van der Waals surface area (Å²) >= 11 is 0. The molecule has 0 N–H and O–H groups in total. The highest BCUT2D eigenvalue weighted by atomic mass is 16.5. The molecule has 0 saturated carbocycles. The molecule has 3 atom stereocenters. The topological polar surface area (TPSA) is 15.7 Å². The molecule has 2 aromatic carbocycles. The van der Waals surface area contributed by atoms with Crippen molar-refractivity contribution in [2.45, 2.75) is 43.7 Å². The number of piperazine rings is 1. The molecule has 3 aliphatic heterocycles. The van der Waals surface area contributed by atoms with Gasteiger partial charge in [-0.15, -0.1) is 0 Å². The van der Waals surface area contributed by atoms with Crippen LogP contribution >= 0.6 is 0 Å². The summed E-state index contributed by atoms with van der Waals surface area (Å²) in [6, 6.07) is 19.0. The Morgan fingerprint density at radius 2 is 1.81 bits per heavy atom. The summed E-state index contributed by atoms with van der Waals surface area (Å²) in [4.78, 5) is 5.43. The number of para-hydroxylation sites is 1. The third-order valence-corrected chi connectivity index (χ3v) is 6.74. The van der Waals surface area contributed by atoms with Crippen LogP contribution in [-0.2, 0) is 6.42 Å². The molecule has 26 heavy (non-hydrogen) atoms. The fourth-order valence-corrected chi connectivity index (χ4v) is 5.34. The standard InChI is InChI=1S/C23H28N2O/c1-26-22-12-9-17-7-8-18(23(17)13-22)14-24-15-21-11-10-20(24)16-25(21)19-5-3-2-4-6-19/h2-6,9,12-13,18,20-21H,7-8,10-11,14-16H2,1H3/t18-,20-,21-/m0/s1. The first kappa shape index (κ1) is 16.2. The van der Waals surface area contributed by atoms with Gasteiger partial charge in [0.25, 0.3) is 0 Å². The SMILES string of the molecule is COc1ccc2c(c1)[C@H](CN1C[C@@H]3CC[C@H]1CN3c1ccccc1)CC2. The fourth-order valence-electron chi connectivity index (χ4n) is 5.34. The normalized spacial score (nSPS) is 27.6. The maximum absolute atomic E-state index is 5.47. The number of nitrogens with zero attached hydrogens (tertiary/aromatic N) is 2. The van der Waals surface area contributed by atoms with Gasteiger partial charge < -0.3 is 9.64 Å². The van der Waals surface area contributed by atoms with E-state index in [0.717, 1.165) is 5.75 Å². The minimum atomic E-state index is 0.671. The smallest absolute Gasteiger partial charge is 0.119 e. The Morgan fingerprint density at radius 3 is 2.58 bits per heavy atom. The van der Waals surface area contributed by atoms with Crippen LogP contribution in [0.2, 0.25) is 0 Å². The van der Waals surface area contributed by atoms with Gasteiger partial charge >= 0.3 is 0 Å². The highest BCUT2D eigenvalue weighted by Gasteiger charge is 2.40. The molecule has 0 radical (unpaired) electrons. The van der Waals surface area contributed by atoms with Crippen LogP contribution in [0, 0.1) is 0 Å². The molecule has 3 nitrogen and oxygen atoms in total. The molecule has 4 aliphatic rings. The molecule has 6 rings (SSSR count). The van der Waals surface area contributed by atoms with Gasteiger partial charge in [0.15, 0.2) is 0 Å². The van der Waals surface area contributed by atoms with Crippen molar-refractivity contribution in [3.63, 3.8) is 0 Å². The summed E-state index contributed by atoms with van der Waals surface area (Å²) in [5.41, 5.74) is 4.47. The second kappa shape index (κ2) is 6.62. The molecule has 0 unspecified atom stereocenters. The first-order valence-corrected chi connectivity index (χ1v) is 10.0. The van der Waals surface area contributed by atoms with Crippen molar-refractivity contribution >= 4 is 5.69 Å². The maximum atomic E-state index is 5.47. The summed E-state index contributed by atoms with van der Waals surface area (Å²) in [6.07, 6.45) is 5.21. The minimum absolute atomic E-state index is 0.671. The van der Waals surface area contributed by atoms with Gasteiger partial charge in [0.2, 0.25) is 0 Å². The Morgan fingerprint density at radius 1 is 0.962 bits per heavy atom. The van der Waals surface area contributed by atoms with E-state index >= 15 is 0 Å². The summed E-state index contributed by atoms with van der Waals surface area (Å²) in [6.45, 7) is 3.62. The van der Waals surface area contributed by atoms with Gasteiger partial charge in [0.1, 0.15) is 5.75 Å². The predicted octanol–water partition coefficient (Wildman–Crippen LogP) is 4.08. The average molecular weight is 348 g/mol. The monoisotopic (exact) mass is 348 g/mol. The lowest BCUT2D eigenvalue weighted by molar-refractivity contribution is 0.0894. The molecule has 3 heterocycles. The van der Waals surface area contributed by atoms with Crippen LogP contribution in [0.15, 0.2) is 48.5 Å². The van der Waals surface area contributed by atoms with Crippen molar-refractivity contribution in [3.8, 4) is 5.75 Å². The summed E-state index contributed by atoms with van der Waals surface area (Å²) in [7, 11) is 1.77. The number of anilines is 1. The zero-order valence-electron chi connectivity index (χ0n) is 15.6. The number of hydrogen-bond acceptors (Lipinski definition) is 3. The molecule has 3 saturated heterocycles. The van der Waals surface area contributed by atoms with Gasteiger partial charge in [-0.25, -0.2) is 0 Å². The Balaban J connectivity index is 1.31. The lowest BCUT2D eigenvalue weighted by Crippen LogP contribution is -2.63. The van der Waals surface area contributed by atoms with Crippen molar-refractivity contribution in [2.24, 2.45) is 0 Å². The zero-order chi connectivity index (χ0) is 17.5. The second-order valence-corrected chi connectivity index (χ2v) is 8.13. The first-order chi connectivity index (χ1) is 12.8. The molecular weight excluding hydrogens is 320 g/mol. The quantitative estimate of drug-likeness (QED) is 0.828. The third-order valence-electron chi connectivity index (χ3n) is 6.74. The molecule has 0 spiro atoms. The lowest BCUT2D eigenvalue weighted by Gasteiger charge is -2.53. The van der Waals surface area contributed by atoms with Crippen LogP contribution in [-0.4, -0.2) is 43.7 Å². The molecule has 0 aromatic heterocycles. The number of methoxy groups -OCH3 is 1. The van der Waals surface area contributed by atoms with E-state index < -0.39 is 0 Å². The van der Waals surface area contributed by atoms with E-state index in [1.165, 1.54) is 62.1 Å². The van der Waals surface area contributed by atoms with Crippen LogP contribution in [0.25, 0.3) is 0 Å². The van der Waals surface area contributed by atoms with E-state index in [4.69, 9.17) is 4.74 Å². The van der Waals surface area contributed by atoms with Crippen molar-refractivity contribution < 1.29 is 4.74 Å². The minimum Gasteiger partial charge on any atom is -0.497 e. The largest absolute Gasteiger partial charge is 0.497 e. The Kier molecular flexibility index (Phi) is 4.12. The van der Waals surface area contributed by atoms with Crippen LogP contribution in [0.1, 0.15) is 36.3 Å². The van der Waals surface area contributed by atoms with Crippen LogP contribution in [0.5, 0.6) is 5.75 Å². The highest BCUT2D eigenvalue weighted by Crippen LogP contribution is 2.39. The van der Waals surface area contributed by atoms with Gasteiger partial charge in [-0.2, -0.15) is 0 Å². The van der Waals surface area contributed by atoms with Gasteiger partial charge in [-0.3, -0.25) is 4.90 Å². The Bertz CT molecular complexity index is 775. The maximum Gasteiger partial charge on any atom is 0.119 e. The number of ether oxygens (including phenoxy) is 1. The summed E-state index contributed by atoms with van der Waals surface area (Å²) in [5, 5.41) is 0. The molecule has 3 fully saturated rings. The van der Waals surface area contributed by atoms with Crippen molar-refractivity contribution in [1.82, 2.24) is 4.90 Å². The van der Waals surface area contributed by atoms with E-state index in [2.05, 4.69) is 58.3 Å². The zero-order valence-corrected chi connectivity index (χ0v) is 15.6. The van der Waals surface area contributed by atoms with Crippen molar-refractivity contribution in [3.05, 3.63) is 59.7 Å². The number of rotatable bonds is 4. The number of piperidine rings is 2. The van der Waals surface area contributed by atoms with E-state index in [9.17, 15) is 0 Å². The molecule has 136 valence electrons. The third kappa shape index (κ3) is 2.79.